The highest BCUT2D eigenvalue weighted by Gasteiger charge is 2.15. The van der Waals surface area contributed by atoms with E-state index in [9.17, 15) is 5.11 Å². The Morgan fingerprint density at radius 3 is 2.55 bits per heavy atom. The smallest absolute Gasteiger partial charge is 0.119 e. The number of benzene rings is 2. The fraction of sp³-hybridized carbons (Fsp3) is 0.520. The predicted octanol–water partition coefficient (Wildman–Crippen LogP) is 2.88. The molecule has 1 fully saturated rings. The minimum Gasteiger partial charge on any atom is -0.491 e. The van der Waals surface area contributed by atoms with E-state index in [0.29, 0.717) is 13.2 Å². The Balaban J connectivity index is 1.35. The maximum Gasteiger partial charge on any atom is 0.119 e. The van der Waals surface area contributed by atoms with Gasteiger partial charge in [0, 0.05) is 26.2 Å². The molecule has 1 heterocycles. The number of aliphatic hydroxyl groups is 1. The zero-order valence-electron chi connectivity index (χ0n) is 18.8. The Hall–Kier alpha value is -2.12. The first-order valence-electron chi connectivity index (χ1n) is 11.2. The average Bonchev–Trinajstić information content (AvgIpc) is 2.77. The molecule has 2 N–H and O–H groups in total. The van der Waals surface area contributed by atoms with Crippen LogP contribution in [-0.4, -0.2) is 68.2 Å². The fourth-order valence-corrected chi connectivity index (χ4v) is 3.54. The van der Waals surface area contributed by atoms with Crippen molar-refractivity contribution in [1.29, 1.82) is 0 Å². The second-order valence-corrected chi connectivity index (χ2v) is 8.26. The van der Waals surface area contributed by atoms with Crippen LogP contribution in [0.5, 0.6) is 11.5 Å². The van der Waals surface area contributed by atoms with E-state index in [1.165, 1.54) is 11.1 Å². The summed E-state index contributed by atoms with van der Waals surface area (Å²) in [5.74, 6) is 1.71. The van der Waals surface area contributed by atoms with Crippen LogP contribution in [0.25, 0.3) is 0 Å². The molecule has 1 atom stereocenters. The Labute approximate surface area is 186 Å². The molecule has 0 saturated carbocycles. The molecule has 0 spiro atoms. The first-order chi connectivity index (χ1) is 15.1. The van der Waals surface area contributed by atoms with E-state index in [1.54, 1.807) is 0 Å². The van der Waals surface area contributed by atoms with E-state index < -0.39 is 6.10 Å². The molecule has 1 unspecified atom stereocenters. The minimum atomic E-state index is -0.503. The molecule has 0 amide bonds. The van der Waals surface area contributed by atoms with Crippen molar-refractivity contribution < 1.29 is 19.3 Å². The number of nitrogens with zero attached hydrogens (tertiary/aromatic N) is 1. The molecule has 3 rings (SSSR count). The fourth-order valence-electron chi connectivity index (χ4n) is 3.54. The molecule has 0 aromatic heterocycles. The number of hydrogen-bond donors (Lipinski definition) is 2. The first kappa shape index (κ1) is 23.5. The first-order valence-corrected chi connectivity index (χ1v) is 11.2. The second-order valence-electron chi connectivity index (χ2n) is 8.26. The summed E-state index contributed by atoms with van der Waals surface area (Å²) in [7, 11) is 0. The standard InChI is InChI=1S/C25H36N2O4/c1-20(2)31-24-8-6-21(7-9-24)10-11-26-17-22-4-3-5-25(16-22)30-19-23(28)18-27-12-14-29-15-13-27/h3-9,16,20,23,26,28H,10-15,17-19H2,1-2H3. The number of rotatable bonds is 12. The van der Waals surface area contributed by atoms with Crippen molar-refractivity contribution >= 4 is 0 Å². The van der Waals surface area contributed by atoms with Crippen LogP contribution in [0.2, 0.25) is 0 Å². The highest BCUT2D eigenvalue weighted by molar-refractivity contribution is 5.29. The normalized spacial score (nSPS) is 15.7. The van der Waals surface area contributed by atoms with Gasteiger partial charge in [0.1, 0.15) is 24.2 Å². The number of morpholine rings is 1. The van der Waals surface area contributed by atoms with Gasteiger partial charge in [-0.05, 0) is 62.2 Å². The topological polar surface area (TPSA) is 63.2 Å². The van der Waals surface area contributed by atoms with E-state index in [0.717, 1.165) is 57.3 Å². The molecule has 0 aliphatic carbocycles. The van der Waals surface area contributed by atoms with Gasteiger partial charge < -0.3 is 24.6 Å². The van der Waals surface area contributed by atoms with Crippen LogP contribution >= 0.6 is 0 Å². The van der Waals surface area contributed by atoms with Gasteiger partial charge in [-0.1, -0.05) is 24.3 Å². The van der Waals surface area contributed by atoms with Gasteiger partial charge in [0.05, 0.1) is 19.3 Å². The summed E-state index contributed by atoms with van der Waals surface area (Å²) < 4.78 is 16.8. The van der Waals surface area contributed by atoms with Gasteiger partial charge in [0.2, 0.25) is 0 Å². The molecular weight excluding hydrogens is 392 g/mol. The molecule has 1 aliphatic heterocycles. The van der Waals surface area contributed by atoms with E-state index in [1.807, 2.05) is 44.2 Å². The molecule has 2 aromatic rings. The molecule has 170 valence electrons. The highest BCUT2D eigenvalue weighted by Crippen LogP contribution is 2.15. The summed E-state index contributed by atoms with van der Waals surface area (Å²) in [5, 5.41) is 13.7. The van der Waals surface area contributed by atoms with Crippen molar-refractivity contribution in [3.05, 3.63) is 59.7 Å². The third kappa shape index (κ3) is 8.87. The largest absolute Gasteiger partial charge is 0.491 e. The van der Waals surface area contributed by atoms with Crippen molar-refractivity contribution in [1.82, 2.24) is 10.2 Å². The maximum absolute atomic E-state index is 10.2. The van der Waals surface area contributed by atoms with E-state index in [4.69, 9.17) is 14.2 Å². The summed E-state index contributed by atoms with van der Waals surface area (Å²) in [6, 6.07) is 16.4. The molecule has 1 aliphatic rings. The molecule has 0 bridgehead atoms. The molecule has 31 heavy (non-hydrogen) atoms. The van der Waals surface area contributed by atoms with Crippen molar-refractivity contribution in [2.45, 2.75) is 39.0 Å². The Morgan fingerprint density at radius 1 is 1.03 bits per heavy atom. The summed E-state index contributed by atoms with van der Waals surface area (Å²) in [5.41, 5.74) is 2.45. The SMILES string of the molecule is CC(C)Oc1ccc(CCNCc2cccc(OCC(O)CN3CCOCC3)c2)cc1. The lowest BCUT2D eigenvalue weighted by Gasteiger charge is -2.28. The summed E-state index contributed by atoms with van der Waals surface area (Å²) in [4.78, 5) is 2.21. The molecular formula is C25H36N2O4. The van der Waals surface area contributed by atoms with Gasteiger partial charge in [0.15, 0.2) is 0 Å². The Bertz CT molecular complexity index is 760. The molecule has 6 nitrogen and oxygen atoms in total. The average molecular weight is 429 g/mol. The third-order valence-electron chi connectivity index (χ3n) is 5.13. The Kier molecular flexibility index (Phi) is 9.62. The third-order valence-corrected chi connectivity index (χ3v) is 5.13. The lowest BCUT2D eigenvalue weighted by Crippen LogP contribution is -2.42. The van der Waals surface area contributed by atoms with Gasteiger partial charge in [-0.15, -0.1) is 0 Å². The van der Waals surface area contributed by atoms with Crippen molar-refractivity contribution in [3.8, 4) is 11.5 Å². The van der Waals surface area contributed by atoms with Gasteiger partial charge >= 0.3 is 0 Å². The number of hydrogen-bond acceptors (Lipinski definition) is 6. The van der Waals surface area contributed by atoms with Crippen molar-refractivity contribution in [2.24, 2.45) is 0 Å². The second kappa shape index (κ2) is 12.7. The van der Waals surface area contributed by atoms with Crippen LogP contribution in [-0.2, 0) is 17.7 Å². The van der Waals surface area contributed by atoms with E-state index in [2.05, 4.69) is 28.4 Å². The lowest BCUT2D eigenvalue weighted by atomic mass is 10.1. The van der Waals surface area contributed by atoms with Gasteiger partial charge in [-0.25, -0.2) is 0 Å². The monoisotopic (exact) mass is 428 g/mol. The number of nitrogens with one attached hydrogen (secondary N) is 1. The predicted molar refractivity (Wildman–Crippen MR) is 123 cm³/mol. The molecule has 2 aromatic carbocycles. The number of ether oxygens (including phenoxy) is 3. The van der Waals surface area contributed by atoms with Gasteiger partial charge in [-0.3, -0.25) is 4.90 Å². The summed E-state index contributed by atoms with van der Waals surface area (Å²) in [6.45, 7) is 9.87. The molecule has 6 heteroatoms. The highest BCUT2D eigenvalue weighted by atomic mass is 16.5. The van der Waals surface area contributed by atoms with Crippen LogP contribution in [0.15, 0.2) is 48.5 Å². The van der Waals surface area contributed by atoms with E-state index in [-0.39, 0.29) is 6.10 Å². The van der Waals surface area contributed by atoms with Crippen molar-refractivity contribution in [2.75, 3.05) is 46.0 Å². The van der Waals surface area contributed by atoms with Crippen LogP contribution in [0.1, 0.15) is 25.0 Å². The van der Waals surface area contributed by atoms with Gasteiger partial charge in [-0.2, -0.15) is 0 Å². The van der Waals surface area contributed by atoms with Crippen LogP contribution < -0.4 is 14.8 Å². The number of β-amino-alcohol motifs (C(OH)–C–C–N with tert-alkyl or cyclic N) is 1. The van der Waals surface area contributed by atoms with Crippen LogP contribution in [0, 0.1) is 0 Å². The van der Waals surface area contributed by atoms with Crippen LogP contribution in [0.3, 0.4) is 0 Å². The zero-order chi connectivity index (χ0) is 21.9. The molecule has 1 saturated heterocycles. The van der Waals surface area contributed by atoms with E-state index >= 15 is 0 Å². The maximum atomic E-state index is 10.2. The lowest BCUT2D eigenvalue weighted by molar-refractivity contribution is 0.00465. The van der Waals surface area contributed by atoms with Crippen LogP contribution in [0.4, 0.5) is 0 Å². The zero-order valence-corrected chi connectivity index (χ0v) is 18.8. The number of aliphatic hydroxyl groups excluding tert-OH is 1. The molecule has 0 radical (unpaired) electrons. The quantitative estimate of drug-likeness (QED) is 0.507. The summed E-state index contributed by atoms with van der Waals surface area (Å²) >= 11 is 0. The Morgan fingerprint density at radius 2 is 1.81 bits per heavy atom. The van der Waals surface area contributed by atoms with Gasteiger partial charge in [0.25, 0.3) is 0 Å². The summed E-state index contributed by atoms with van der Waals surface area (Å²) in [6.07, 6.45) is 0.656. The minimum absolute atomic E-state index is 0.195. The van der Waals surface area contributed by atoms with Crippen molar-refractivity contribution in [3.63, 3.8) is 0 Å².